The molecule has 0 fully saturated rings. The fourth-order valence-corrected chi connectivity index (χ4v) is 2.72. The largest absolute Gasteiger partial charge is 0.506 e. The van der Waals surface area contributed by atoms with Crippen LogP contribution in [0.1, 0.15) is 18.9 Å². The summed E-state index contributed by atoms with van der Waals surface area (Å²) in [6.45, 7) is 5.21. The van der Waals surface area contributed by atoms with E-state index >= 15 is 0 Å². The number of ether oxygens (including phenoxy) is 1. The number of rotatable bonds is 6. The fraction of sp³-hybridized carbons (Fsp3) is 0.211. The minimum atomic E-state index is -0.435. The van der Waals surface area contributed by atoms with Gasteiger partial charge in [-0.3, -0.25) is 0 Å². The standard InChI is InChI=1S/C19H18ClN3O3/c1-3-19(25)26-12(2)4-5-13-6-9-18(24)17(10-13)23-21-15-8-7-14(20)11-16(15)22-23/h3,6-12,24H,1,4-5H2,2H3. The Morgan fingerprint density at radius 2 is 2.08 bits per heavy atom. The molecule has 0 amide bonds. The first kappa shape index (κ1) is 17.9. The number of aryl methyl sites for hydroxylation is 1. The Labute approximate surface area is 155 Å². The Morgan fingerprint density at radius 1 is 1.31 bits per heavy atom. The van der Waals surface area contributed by atoms with E-state index in [1.165, 1.54) is 4.80 Å². The van der Waals surface area contributed by atoms with Crippen molar-refractivity contribution < 1.29 is 14.6 Å². The number of aromatic hydroxyl groups is 1. The van der Waals surface area contributed by atoms with Gasteiger partial charge in [0, 0.05) is 11.1 Å². The van der Waals surface area contributed by atoms with Crippen LogP contribution in [0.25, 0.3) is 16.7 Å². The van der Waals surface area contributed by atoms with Gasteiger partial charge >= 0.3 is 5.97 Å². The number of phenols is 1. The van der Waals surface area contributed by atoms with Crippen molar-refractivity contribution in [2.45, 2.75) is 25.9 Å². The number of carbonyl (C=O) groups is 1. The predicted octanol–water partition coefficient (Wildman–Crippen LogP) is 3.83. The van der Waals surface area contributed by atoms with Crippen molar-refractivity contribution >= 4 is 28.6 Å². The smallest absolute Gasteiger partial charge is 0.330 e. The maximum absolute atomic E-state index is 11.2. The predicted molar refractivity (Wildman–Crippen MR) is 99.6 cm³/mol. The minimum absolute atomic E-state index is 0.0753. The van der Waals surface area contributed by atoms with Gasteiger partial charge in [0.2, 0.25) is 0 Å². The van der Waals surface area contributed by atoms with E-state index < -0.39 is 5.97 Å². The maximum atomic E-state index is 11.2. The van der Waals surface area contributed by atoms with Crippen LogP contribution in [-0.4, -0.2) is 32.2 Å². The van der Waals surface area contributed by atoms with Gasteiger partial charge in [0.15, 0.2) is 0 Å². The number of carbonyl (C=O) groups excluding carboxylic acids is 1. The van der Waals surface area contributed by atoms with Crippen molar-refractivity contribution in [2.75, 3.05) is 0 Å². The quantitative estimate of drug-likeness (QED) is 0.526. The van der Waals surface area contributed by atoms with Gasteiger partial charge in [-0.2, -0.15) is 0 Å². The summed E-state index contributed by atoms with van der Waals surface area (Å²) in [4.78, 5) is 12.6. The van der Waals surface area contributed by atoms with Crippen LogP contribution in [0.15, 0.2) is 49.1 Å². The van der Waals surface area contributed by atoms with Crippen molar-refractivity contribution in [2.24, 2.45) is 0 Å². The lowest BCUT2D eigenvalue weighted by Gasteiger charge is -2.12. The van der Waals surface area contributed by atoms with Gasteiger partial charge in [0.05, 0.1) is 6.10 Å². The molecule has 134 valence electrons. The number of hydrogen-bond donors (Lipinski definition) is 1. The molecular formula is C19H18ClN3O3. The van der Waals surface area contributed by atoms with Crippen LogP contribution in [-0.2, 0) is 16.0 Å². The van der Waals surface area contributed by atoms with Gasteiger partial charge in [0.1, 0.15) is 22.5 Å². The van der Waals surface area contributed by atoms with Crippen LogP contribution < -0.4 is 0 Å². The van der Waals surface area contributed by atoms with Crippen molar-refractivity contribution in [1.82, 2.24) is 15.0 Å². The number of fused-ring (bicyclic) bond motifs is 1. The number of benzene rings is 2. The maximum Gasteiger partial charge on any atom is 0.330 e. The highest BCUT2D eigenvalue weighted by Gasteiger charge is 2.12. The minimum Gasteiger partial charge on any atom is -0.506 e. The van der Waals surface area contributed by atoms with Gasteiger partial charge in [0.25, 0.3) is 0 Å². The summed E-state index contributed by atoms with van der Waals surface area (Å²) in [6.07, 6.45) is 2.24. The Balaban J connectivity index is 1.80. The first-order valence-electron chi connectivity index (χ1n) is 8.14. The van der Waals surface area contributed by atoms with E-state index in [9.17, 15) is 9.90 Å². The molecule has 1 aromatic heterocycles. The van der Waals surface area contributed by atoms with Crippen LogP contribution in [0.5, 0.6) is 5.75 Å². The molecule has 0 spiro atoms. The van der Waals surface area contributed by atoms with Crippen LogP contribution >= 0.6 is 11.6 Å². The first-order chi connectivity index (χ1) is 12.5. The summed E-state index contributed by atoms with van der Waals surface area (Å²) >= 11 is 5.98. The Morgan fingerprint density at radius 3 is 2.85 bits per heavy atom. The molecule has 7 heteroatoms. The summed E-state index contributed by atoms with van der Waals surface area (Å²) in [5, 5.41) is 19.5. The third-order valence-corrected chi connectivity index (χ3v) is 4.16. The lowest BCUT2D eigenvalue weighted by molar-refractivity contribution is -0.142. The van der Waals surface area contributed by atoms with Gasteiger partial charge in [-0.1, -0.05) is 24.2 Å². The monoisotopic (exact) mass is 371 g/mol. The zero-order valence-electron chi connectivity index (χ0n) is 14.2. The van der Waals surface area contributed by atoms with Crippen LogP contribution in [0, 0.1) is 0 Å². The topological polar surface area (TPSA) is 77.2 Å². The normalized spacial score (nSPS) is 12.1. The fourth-order valence-electron chi connectivity index (χ4n) is 2.56. The van der Waals surface area contributed by atoms with Gasteiger partial charge in [-0.15, -0.1) is 15.0 Å². The SMILES string of the molecule is C=CC(=O)OC(C)CCc1ccc(O)c(-n2nc3ccc(Cl)cc3n2)c1. The number of aromatic nitrogens is 3. The molecule has 0 bridgehead atoms. The second-order valence-electron chi connectivity index (χ2n) is 5.94. The van der Waals surface area contributed by atoms with Gasteiger partial charge in [-0.05, 0) is 55.7 Å². The van der Waals surface area contributed by atoms with Crippen molar-refractivity contribution in [3.05, 3.63) is 59.6 Å². The third-order valence-electron chi connectivity index (χ3n) is 3.92. The van der Waals surface area contributed by atoms with E-state index in [2.05, 4.69) is 16.8 Å². The number of halogens is 1. The molecule has 0 aliphatic rings. The van der Waals surface area contributed by atoms with Crippen LogP contribution in [0.3, 0.4) is 0 Å². The summed E-state index contributed by atoms with van der Waals surface area (Å²) in [7, 11) is 0. The van der Waals surface area contributed by atoms with E-state index in [0.717, 1.165) is 11.6 Å². The first-order valence-corrected chi connectivity index (χ1v) is 8.52. The molecule has 1 N–H and O–H groups in total. The second-order valence-corrected chi connectivity index (χ2v) is 6.37. The summed E-state index contributed by atoms with van der Waals surface area (Å²) in [5.41, 5.74) is 2.78. The Hall–Kier alpha value is -2.86. The average molecular weight is 372 g/mol. The highest BCUT2D eigenvalue weighted by Crippen LogP contribution is 2.25. The van der Waals surface area contributed by atoms with E-state index in [1.54, 1.807) is 24.3 Å². The van der Waals surface area contributed by atoms with E-state index in [-0.39, 0.29) is 11.9 Å². The number of hydrogen-bond acceptors (Lipinski definition) is 5. The highest BCUT2D eigenvalue weighted by atomic mass is 35.5. The molecule has 1 unspecified atom stereocenters. The molecule has 3 aromatic rings. The second kappa shape index (κ2) is 7.58. The lowest BCUT2D eigenvalue weighted by atomic mass is 10.1. The average Bonchev–Trinajstić information content (AvgIpc) is 3.03. The van der Waals surface area contributed by atoms with Crippen molar-refractivity contribution in [1.29, 1.82) is 0 Å². The molecule has 6 nitrogen and oxygen atoms in total. The zero-order valence-corrected chi connectivity index (χ0v) is 15.0. The van der Waals surface area contributed by atoms with E-state index in [1.807, 2.05) is 19.1 Å². The molecule has 0 saturated carbocycles. The summed E-state index contributed by atoms with van der Waals surface area (Å²) < 4.78 is 5.16. The summed E-state index contributed by atoms with van der Waals surface area (Å²) in [5.74, 6) is -0.360. The molecule has 0 aliphatic carbocycles. The summed E-state index contributed by atoms with van der Waals surface area (Å²) in [6, 6.07) is 10.5. The Kier molecular flexibility index (Phi) is 5.23. The molecule has 2 aromatic carbocycles. The van der Waals surface area contributed by atoms with Crippen LogP contribution in [0.2, 0.25) is 5.02 Å². The molecule has 3 rings (SSSR count). The number of phenolic OH excluding ortho intramolecular Hbond substituents is 1. The molecule has 1 heterocycles. The number of nitrogens with zero attached hydrogens (tertiary/aromatic N) is 3. The molecule has 26 heavy (non-hydrogen) atoms. The number of esters is 1. The lowest BCUT2D eigenvalue weighted by Crippen LogP contribution is -2.13. The highest BCUT2D eigenvalue weighted by molar-refractivity contribution is 6.31. The van der Waals surface area contributed by atoms with E-state index in [4.69, 9.17) is 16.3 Å². The third kappa shape index (κ3) is 4.03. The van der Waals surface area contributed by atoms with E-state index in [0.29, 0.717) is 34.6 Å². The Bertz CT molecular complexity index is 968. The molecule has 0 saturated heterocycles. The zero-order chi connectivity index (χ0) is 18.7. The molecule has 1 atom stereocenters. The molecule has 0 aliphatic heterocycles. The molecular weight excluding hydrogens is 354 g/mol. The van der Waals surface area contributed by atoms with Crippen LogP contribution in [0.4, 0.5) is 0 Å². The van der Waals surface area contributed by atoms with Gasteiger partial charge in [-0.25, -0.2) is 4.79 Å². The van der Waals surface area contributed by atoms with Gasteiger partial charge < -0.3 is 9.84 Å². The molecule has 0 radical (unpaired) electrons. The van der Waals surface area contributed by atoms with Crippen molar-refractivity contribution in [3.63, 3.8) is 0 Å². The van der Waals surface area contributed by atoms with Crippen molar-refractivity contribution in [3.8, 4) is 11.4 Å².